The fourth-order valence-corrected chi connectivity index (χ4v) is 2.77. The molecule has 0 bridgehead atoms. The highest BCUT2D eigenvalue weighted by molar-refractivity contribution is 9.10. The Balaban J connectivity index is 1.54. The maximum atomic E-state index is 12.3. The third-order valence-electron chi connectivity index (χ3n) is 3.69. The van der Waals surface area contributed by atoms with E-state index in [0.717, 1.165) is 22.1 Å². The van der Waals surface area contributed by atoms with E-state index in [1.165, 1.54) is 0 Å². The lowest BCUT2D eigenvalue weighted by molar-refractivity contribution is 0.190. The zero-order valence-electron chi connectivity index (χ0n) is 12.8. The number of pyridine rings is 1. The molecule has 3 rings (SSSR count). The van der Waals surface area contributed by atoms with Crippen molar-refractivity contribution < 1.29 is 9.53 Å². The molecular weight excluding hydrogens is 358 g/mol. The molecule has 0 radical (unpaired) electrons. The second-order valence-corrected chi connectivity index (χ2v) is 6.50. The van der Waals surface area contributed by atoms with Gasteiger partial charge in [0.1, 0.15) is 6.10 Å². The summed E-state index contributed by atoms with van der Waals surface area (Å²) in [5.41, 5.74) is 1.93. The molecule has 1 atom stereocenters. The minimum absolute atomic E-state index is 0.0214. The highest BCUT2D eigenvalue weighted by Gasteiger charge is 2.27. The molecule has 1 aliphatic rings. The number of aromatic nitrogens is 1. The third kappa shape index (κ3) is 4.22. The Bertz CT molecular complexity index is 690. The van der Waals surface area contributed by atoms with Crippen molar-refractivity contribution >= 4 is 27.6 Å². The van der Waals surface area contributed by atoms with Gasteiger partial charge in [-0.1, -0.05) is 12.1 Å². The van der Waals surface area contributed by atoms with Gasteiger partial charge in [-0.05, 0) is 46.6 Å². The van der Waals surface area contributed by atoms with E-state index in [1.54, 1.807) is 11.1 Å². The molecule has 1 aliphatic heterocycles. The molecule has 1 N–H and O–H groups in total. The van der Waals surface area contributed by atoms with Crippen LogP contribution in [0.25, 0.3) is 0 Å². The molecule has 5 nitrogen and oxygen atoms in total. The Morgan fingerprint density at radius 1 is 1.39 bits per heavy atom. The number of hydrogen-bond donors (Lipinski definition) is 1. The van der Waals surface area contributed by atoms with Crippen molar-refractivity contribution in [1.29, 1.82) is 0 Å². The number of anilines is 1. The number of rotatable bonds is 3. The van der Waals surface area contributed by atoms with E-state index in [1.807, 2.05) is 43.3 Å². The van der Waals surface area contributed by atoms with Crippen molar-refractivity contribution in [1.82, 2.24) is 9.88 Å². The monoisotopic (exact) mass is 375 g/mol. The Morgan fingerprint density at radius 3 is 3.00 bits per heavy atom. The molecule has 0 spiro atoms. The summed E-state index contributed by atoms with van der Waals surface area (Å²) >= 11 is 3.34. The van der Waals surface area contributed by atoms with Crippen molar-refractivity contribution in [2.45, 2.75) is 19.4 Å². The van der Waals surface area contributed by atoms with Crippen LogP contribution in [0.2, 0.25) is 0 Å². The predicted octanol–water partition coefficient (Wildman–Crippen LogP) is 3.84. The predicted molar refractivity (Wildman–Crippen MR) is 92.7 cm³/mol. The first-order valence-electron chi connectivity index (χ1n) is 7.51. The lowest BCUT2D eigenvalue weighted by atomic mass is 10.2. The molecule has 1 unspecified atom stereocenters. The van der Waals surface area contributed by atoms with Crippen LogP contribution in [0.3, 0.4) is 0 Å². The minimum Gasteiger partial charge on any atom is -0.472 e. The average molecular weight is 376 g/mol. The first-order chi connectivity index (χ1) is 11.1. The smallest absolute Gasteiger partial charge is 0.321 e. The average Bonchev–Trinajstić information content (AvgIpc) is 2.98. The highest BCUT2D eigenvalue weighted by Crippen LogP contribution is 2.19. The molecule has 1 aromatic carbocycles. The van der Waals surface area contributed by atoms with Gasteiger partial charge in [-0.3, -0.25) is 0 Å². The van der Waals surface area contributed by atoms with Gasteiger partial charge in [0, 0.05) is 35.4 Å². The molecule has 120 valence electrons. The molecule has 23 heavy (non-hydrogen) atoms. The van der Waals surface area contributed by atoms with Crippen molar-refractivity contribution in [3.05, 3.63) is 52.6 Å². The number of likely N-dealkylation sites (tertiary alicyclic amines) is 1. The van der Waals surface area contributed by atoms with Gasteiger partial charge in [-0.15, -0.1) is 0 Å². The van der Waals surface area contributed by atoms with E-state index in [9.17, 15) is 4.79 Å². The quantitative estimate of drug-likeness (QED) is 0.886. The third-order valence-corrected chi connectivity index (χ3v) is 4.16. The van der Waals surface area contributed by atoms with Crippen LogP contribution in [0.15, 0.2) is 47.1 Å². The maximum absolute atomic E-state index is 12.3. The van der Waals surface area contributed by atoms with Crippen LogP contribution in [0.1, 0.15) is 12.0 Å². The summed E-state index contributed by atoms with van der Waals surface area (Å²) in [4.78, 5) is 18.3. The van der Waals surface area contributed by atoms with Gasteiger partial charge in [0.05, 0.1) is 6.54 Å². The van der Waals surface area contributed by atoms with Crippen LogP contribution in [-0.4, -0.2) is 35.1 Å². The Kier molecular flexibility index (Phi) is 4.81. The largest absolute Gasteiger partial charge is 0.472 e. The molecule has 1 saturated heterocycles. The molecule has 2 amide bonds. The molecule has 1 aromatic heterocycles. The summed E-state index contributed by atoms with van der Waals surface area (Å²) in [5.74, 6) is 0.583. The summed E-state index contributed by atoms with van der Waals surface area (Å²) in [7, 11) is 0. The Labute approximate surface area is 143 Å². The lowest BCUT2D eigenvalue weighted by Gasteiger charge is -2.18. The molecular formula is C17H18BrN3O2. The topological polar surface area (TPSA) is 54.5 Å². The minimum atomic E-state index is -0.0922. The van der Waals surface area contributed by atoms with Crippen LogP contribution < -0.4 is 10.1 Å². The maximum Gasteiger partial charge on any atom is 0.321 e. The van der Waals surface area contributed by atoms with Crippen molar-refractivity contribution in [2.75, 3.05) is 18.4 Å². The Hall–Kier alpha value is -2.08. The molecule has 6 heteroatoms. The fourth-order valence-electron chi connectivity index (χ4n) is 2.54. The fraction of sp³-hybridized carbons (Fsp3) is 0.294. The van der Waals surface area contributed by atoms with Gasteiger partial charge in [0.25, 0.3) is 0 Å². The van der Waals surface area contributed by atoms with Gasteiger partial charge >= 0.3 is 6.03 Å². The van der Waals surface area contributed by atoms with Crippen LogP contribution in [0, 0.1) is 6.92 Å². The van der Waals surface area contributed by atoms with Crippen LogP contribution in [0.5, 0.6) is 5.88 Å². The van der Waals surface area contributed by atoms with Crippen LogP contribution in [-0.2, 0) is 0 Å². The number of carbonyl (C=O) groups is 1. The summed E-state index contributed by atoms with van der Waals surface area (Å²) in [6, 6.07) is 11.4. The number of halogens is 1. The van der Waals surface area contributed by atoms with E-state index in [-0.39, 0.29) is 12.1 Å². The molecule has 0 saturated carbocycles. The number of hydrogen-bond acceptors (Lipinski definition) is 3. The SMILES string of the molecule is Cc1cccc(NC(=O)N2CCC(Oc3ccc(Br)cn3)C2)c1. The molecule has 0 aliphatic carbocycles. The molecule has 2 aromatic rings. The summed E-state index contributed by atoms with van der Waals surface area (Å²) in [6.07, 6.45) is 2.48. The lowest BCUT2D eigenvalue weighted by Crippen LogP contribution is -2.34. The summed E-state index contributed by atoms with van der Waals surface area (Å²) in [6.45, 7) is 3.24. The zero-order chi connectivity index (χ0) is 16.2. The second-order valence-electron chi connectivity index (χ2n) is 5.59. The number of urea groups is 1. The van der Waals surface area contributed by atoms with Gasteiger partial charge < -0.3 is 15.0 Å². The zero-order valence-corrected chi connectivity index (χ0v) is 14.4. The second kappa shape index (κ2) is 7.00. The van der Waals surface area contributed by atoms with Gasteiger partial charge in [0.2, 0.25) is 5.88 Å². The number of benzene rings is 1. The van der Waals surface area contributed by atoms with Crippen molar-refractivity contribution in [2.24, 2.45) is 0 Å². The summed E-state index contributed by atoms with van der Waals surface area (Å²) in [5, 5.41) is 2.93. The number of nitrogens with zero attached hydrogens (tertiary/aromatic N) is 2. The van der Waals surface area contributed by atoms with E-state index in [4.69, 9.17) is 4.74 Å². The van der Waals surface area contributed by atoms with Gasteiger partial charge in [-0.25, -0.2) is 9.78 Å². The van der Waals surface area contributed by atoms with Crippen molar-refractivity contribution in [3.8, 4) is 5.88 Å². The van der Waals surface area contributed by atoms with E-state index < -0.39 is 0 Å². The Morgan fingerprint density at radius 2 is 2.26 bits per heavy atom. The van der Waals surface area contributed by atoms with E-state index in [0.29, 0.717) is 19.0 Å². The number of ether oxygens (including phenoxy) is 1. The number of carbonyl (C=O) groups excluding carboxylic acids is 1. The standard InChI is InChI=1S/C17H18BrN3O2/c1-12-3-2-4-14(9-12)20-17(22)21-8-7-15(11-21)23-16-6-5-13(18)10-19-16/h2-6,9-10,15H,7-8,11H2,1H3,(H,20,22). The molecule has 2 heterocycles. The number of aryl methyl sites for hydroxylation is 1. The van der Waals surface area contributed by atoms with Crippen molar-refractivity contribution in [3.63, 3.8) is 0 Å². The molecule has 1 fully saturated rings. The highest BCUT2D eigenvalue weighted by atomic mass is 79.9. The van der Waals surface area contributed by atoms with Crippen LogP contribution in [0.4, 0.5) is 10.5 Å². The van der Waals surface area contributed by atoms with Gasteiger partial charge in [-0.2, -0.15) is 0 Å². The number of amides is 2. The van der Waals surface area contributed by atoms with E-state index >= 15 is 0 Å². The summed E-state index contributed by atoms with van der Waals surface area (Å²) < 4.78 is 6.74. The first kappa shape index (κ1) is 15.8. The number of nitrogens with one attached hydrogen (secondary N) is 1. The first-order valence-corrected chi connectivity index (χ1v) is 8.30. The van der Waals surface area contributed by atoms with Crippen LogP contribution >= 0.6 is 15.9 Å². The van der Waals surface area contributed by atoms with E-state index in [2.05, 4.69) is 26.2 Å². The normalized spacial score (nSPS) is 17.1. The van der Waals surface area contributed by atoms with Gasteiger partial charge in [0.15, 0.2) is 0 Å².